The molecular weight excluding hydrogens is 761 g/mol. The smallest absolute Gasteiger partial charge is 0.0714 e. The van der Waals surface area contributed by atoms with Crippen LogP contribution in [0, 0.1) is 0 Å². The Morgan fingerprint density at radius 2 is 0.492 bits per heavy atom. The molecule has 2 nitrogen and oxygen atoms in total. The van der Waals surface area contributed by atoms with Crippen molar-refractivity contribution in [2.45, 2.75) is 5.41 Å². The van der Waals surface area contributed by atoms with Crippen LogP contribution in [-0.2, 0) is 5.41 Å². The van der Waals surface area contributed by atoms with Crippen molar-refractivity contribution in [1.29, 1.82) is 0 Å². The fraction of sp³-hybridized carbons (Fsp3) is 0.0164. The molecule has 10 aromatic rings. The topological polar surface area (TPSA) is 6.48 Å². The minimum Gasteiger partial charge on any atom is -0.311 e. The molecule has 0 heterocycles. The molecule has 0 radical (unpaired) electrons. The molecule has 0 spiro atoms. The summed E-state index contributed by atoms with van der Waals surface area (Å²) in [5.41, 5.74) is 18.2. The van der Waals surface area contributed by atoms with Crippen molar-refractivity contribution in [3.8, 4) is 33.4 Å². The third kappa shape index (κ3) is 6.79. The molecule has 0 bridgehead atoms. The van der Waals surface area contributed by atoms with Crippen LogP contribution < -0.4 is 9.80 Å². The van der Waals surface area contributed by atoms with Gasteiger partial charge in [0.15, 0.2) is 0 Å². The van der Waals surface area contributed by atoms with Gasteiger partial charge in [-0.25, -0.2) is 0 Å². The summed E-state index contributed by atoms with van der Waals surface area (Å²) in [6.07, 6.45) is 0. The average molecular weight is 805 g/mol. The summed E-state index contributed by atoms with van der Waals surface area (Å²) in [6.45, 7) is 0. The number of hydrogen-bond donors (Lipinski definition) is 0. The van der Waals surface area contributed by atoms with E-state index in [0.29, 0.717) is 0 Å². The Morgan fingerprint density at radius 1 is 0.222 bits per heavy atom. The molecule has 11 rings (SSSR count). The summed E-state index contributed by atoms with van der Waals surface area (Å²) < 4.78 is 0. The van der Waals surface area contributed by atoms with E-state index in [4.69, 9.17) is 0 Å². The Morgan fingerprint density at radius 3 is 0.794 bits per heavy atom. The maximum Gasteiger partial charge on any atom is 0.0714 e. The summed E-state index contributed by atoms with van der Waals surface area (Å²) in [6, 6.07) is 97.0. The van der Waals surface area contributed by atoms with E-state index in [-0.39, 0.29) is 0 Å². The minimum absolute atomic E-state index is 0.661. The summed E-state index contributed by atoms with van der Waals surface area (Å²) in [5.74, 6) is 0. The standard InChI is InChI=1S/C61H44N2/c1-7-19-45(20-8-1)47-31-41-57-58-42-32-48(46-21-9-2-10-22-46)44-60(58)61(59(57)43-47,49-33-37-55(38-34-49)62(51-23-11-3-12-24-51)52-25-13-4-14-26-52)50-35-39-56(40-36-50)63(53-27-15-5-16-28-53)54-29-17-6-18-30-54/h1-44H. The highest BCUT2D eigenvalue weighted by Gasteiger charge is 2.46. The molecule has 1 aliphatic rings. The first-order valence-corrected chi connectivity index (χ1v) is 21.7. The van der Waals surface area contributed by atoms with Gasteiger partial charge in [-0.2, -0.15) is 0 Å². The molecule has 0 aromatic heterocycles. The molecule has 0 saturated carbocycles. The number of benzene rings is 10. The van der Waals surface area contributed by atoms with E-state index in [0.717, 1.165) is 34.1 Å². The number of anilines is 6. The van der Waals surface area contributed by atoms with Crippen molar-refractivity contribution in [1.82, 2.24) is 0 Å². The van der Waals surface area contributed by atoms with Gasteiger partial charge in [-0.3, -0.25) is 0 Å². The van der Waals surface area contributed by atoms with E-state index < -0.39 is 5.41 Å². The largest absolute Gasteiger partial charge is 0.311 e. The average Bonchev–Trinajstić information content (AvgIpc) is 3.66. The minimum atomic E-state index is -0.661. The molecule has 0 unspecified atom stereocenters. The zero-order chi connectivity index (χ0) is 42.0. The van der Waals surface area contributed by atoms with Gasteiger partial charge in [0.25, 0.3) is 0 Å². The quantitative estimate of drug-likeness (QED) is 0.136. The molecule has 10 aromatic carbocycles. The summed E-state index contributed by atoms with van der Waals surface area (Å²) >= 11 is 0. The van der Waals surface area contributed by atoms with Gasteiger partial charge in [0.05, 0.1) is 5.41 Å². The van der Waals surface area contributed by atoms with E-state index in [9.17, 15) is 0 Å². The Bertz CT molecular complexity index is 2820. The van der Waals surface area contributed by atoms with Gasteiger partial charge in [-0.05, 0) is 141 Å². The molecule has 2 heteroatoms. The third-order valence-corrected chi connectivity index (χ3v) is 12.5. The molecule has 0 aliphatic heterocycles. The number of para-hydroxylation sites is 4. The van der Waals surface area contributed by atoms with Crippen LogP contribution >= 0.6 is 0 Å². The lowest BCUT2D eigenvalue weighted by atomic mass is 9.67. The lowest BCUT2D eigenvalue weighted by Gasteiger charge is -2.35. The first-order valence-electron chi connectivity index (χ1n) is 21.7. The second-order valence-electron chi connectivity index (χ2n) is 16.1. The Labute approximate surface area is 370 Å². The number of fused-ring (bicyclic) bond motifs is 3. The highest BCUT2D eigenvalue weighted by atomic mass is 15.1. The van der Waals surface area contributed by atoms with Crippen LogP contribution in [0.2, 0.25) is 0 Å². The zero-order valence-corrected chi connectivity index (χ0v) is 34.8. The van der Waals surface area contributed by atoms with Crippen LogP contribution in [0.1, 0.15) is 22.3 Å². The van der Waals surface area contributed by atoms with Crippen molar-refractivity contribution in [3.05, 3.63) is 289 Å². The number of rotatable bonds is 10. The fourth-order valence-electron chi connectivity index (χ4n) is 9.66. The summed E-state index contributed by atoms with van der Waals surface area (Å²) in [5, 5.41) is 0. The molecule has 0 atom stereocenters. The highest BCUT2D eigenvalue weighted by Crippen LogP contribution is 2.58. The second kappa shape index (κ2) is 16.3. The van der Waals surface area contributed by atoms with Crippen LogP contribution in [0.3, 0.4) is 0 Å². The van der Waals surface area contributed by atoms with Crippen molar-refractivity contribution in [2.24, 2.45) is 0 Å². The Kier molecular flexibility index (Phi) is 9.80. The van der Waals surface area contributed by atoms with E-state index in [1.54, 1.807) is 0 Å². The van der Waals surface area contributed by atoms with Gasteiger partial charge in [0, 0.05) is 34.1 Å². The van der Waals surface area contributed by atoms with Gasteiger partial charge >= 0.3 is 0 Å². The molecule has 0 fully saturated rings. The van der Waals surface area contributed by atoms with E-state index in [1.165, 1.54) is 55.6 Å². The Balaban J connectivity index is 1.16. The highest BCUT2D eigenvalue weighted by molar-refractivity contribution is 5.91. The maximum absolute atomic E-state index is 2.45. The lowest BCUT2D eigenvalue weighted by Crippen LogP contribution is -2.29. The summed E-state index contributed by atoms with van der Waals surface area (Å²) in [4.78, 5) is 4.68. The fourth-order valence-corrected chi connectivity index (χ4v) is 9.66. The van der Waals surface area contributed by atoms with Crippen molar-refractivity contribution in [2.75, 3.05) is 9.80 Å². The predicted molar refractivity (Wildman–Crippen MR) is 264 cm³/mol. The number of nitrogens with zero attached hydrogens (tertiary/aromatic N) is 2. The normalized spacial score (nSPS) is 12.3. The van der Waals surface area contributed by atoms with Crippen molar-refractivity contribution in [3.63, 3.8) is 0 Å². The van der Waals surface area contributed by atoms with E-state index >= 15 is 0 Å². The maximum atomic E-state index is 2.45. The first kappa shape index (κ1) is 37.8. The Hall–Kier alpha value is -8.20. The third-order valence-electron chi connectivity index (χ3n) is 12.5. The van der Waals surface area contributed by atoms with Gasteiger partial charge in [0.1, 0.15) is 0 Å². The van der Waals surface area contributed by atoms with Crippen LogP contribution in [0.15, 0.2) is 267 Å². The molecule has 1 aliphatic carbocycles. The molecule has 0 N–H and O–H groups in total. The van der Waals surface area contributed by atoms with E-state index in [2.05, 4.69) is 277 Å². The van der Waals surface area contributed by atoms with Crippen molar-refractivity contribution < 1.29 is 0 Å². The van der Waals surface area contributed by atoms with Crippen LogP contribution in [-0.4, -0.2) is 0 Å². The van der Waals surface area contributed by atoms with Gasteiger partial charge in [-0.1, -0.05) is 182 Å². The van der Waals surface area contributed by atoms with Gasteiger partial charge in [0.2, 0.25) is 0 Å². The second-order valence-corrected chi connectivity index (χ2v) is 16.1. The predicted octanol–water partition coefficient (Wildman–Crippen LogP) is 16.3. The van der Waals surface area contributed by atoms with E-state index in [1.807, 2.05) is 0 Å². The summed E-state index contributed by atoms with van der Waals surface area (Å²) in [7, 11) is 0. The molecule has 0 saturated heterocycles. The molecule has 0 amide bonds. The number of hydrogen-bond acceptors (Lipinski definition) is 2. The molecule has 298 valence electrons. The molecule has 63 heavy (non-hydrogen) atoms. The van der Waals surface area contributed by atoms with Gasteiger partial charge in [-0.15, -0.1) is 0 Å². The zero-order valence-electron chi connectivity index (χ0n) is 34.8. The SMILES string of the molecule is c1ccc(-c2ccc3c(c2)C(c2ccc(N(c4ccccc4)c4ccccc4)cc2)(c2ccc(N(c4ccccc4)c4ccccc4)cc2)c2cc(-c4ccccc4)ccc2-3)cc1. The van der Waals surface area contributed by atoms with Crippen molar-refractivity contribution >= 4 is 34.1 Å². The van der Waals surface area contributed by atoms with Crippen LogP contribution in [0.25, 0.3) is 33.4 Å². The van der Waals surface area contributed by atoms with Crippen LogP contribution in [0.5, 0.6) is 0 Å². The first-order chi connectivity index (χ1) is 31.3. The lowest BCUT2D eigenvalue weighted by molar-refractivity contribution is 0.769. The van der Waals surface area contributed by atoms with Gasteiger partial charge < -0.3 is 9.80 Å². The molecular formula is C61H44N2. The van der Waals surface area contributed by atoms with Crippen LogP contribution in [0.4, 0.5) is 34.1 Å². The monoisotopic (exact) mass is 804 g/mol.